The molecule has 0 radical (unpaired) electrons. The van der Waals surface area contributed by atoms with Gasteiger partial charge in [0.1, 0.15) is 11.3 Å². The van der Waals surface area contributed by atoms with Crippen LogP contribution in [0.1, 0.15) is 11.1 Å². The molecule has 0 unspecified atom stereocenters. The summed E-state index contributed by atoms with van der Waals surface area (Å²) in [6.07, 6.45) is 1.77. The number of aryl methyl sites for hydroxylation is 1. The lowest BCUT2D eigenvalue weighted by atomic mass is 10.2. The standard InChI is InChI=1S/C15H14N2O/c1-11-7-8-13-14(15(11)18)16-10-17(13)9-12-5-3-2-4-6-12/h2-8,10,18H,9H2,1H3. The monoisotopic (exact) mass is 238 g/mol. The van der Waals surface area contributed by atoms with Gasteiger partial charge in [0.2, 0.25) is 0 Å². The van der Waals surface area contributed by atoms with Crippen molar-refractivity contribution < 1.29 is 5.11 Å². The Hall–Kier alpha value is -2.29. The Morgan fingerprint density at radius 1 is 1.11 bits per heavy atom. The number of aromatic nitrogens is 2. The average Bonchev–Trinajstić information content (AvgIpc) is 2.79. The Bertz CT molecular complexity index is 686. The molecule has 0 fully saturated rings. The van der Waals surface area contributed by atoms with Crippen LogP contribution in [0.15, 0.2) is 48.8 Å². The zero-order valence-electron chi connectivity index (χ0n) is 10.2. The molecular formula is C15H14N2O. The maximum atomic E-state index is 9.96. The van der Waals surface area contributed by atoms with Crippen molar-refractivity contribution in [3.8, 4) is 5.75 Å². The van der Waals surface area contributed by atoms with Crippen LogP contribution in [0.4, 0.5) is 0 Å². The Morgan fingerprint density at radius 2 is 1.89 bits per heavy atom. The van der Waals surface area contributed by atoms with Crippen LogP contribution in [0.5, 0.6) is 5.75 Å². The van der Waals surface area contributed by atoms with Gasteiger partial charge in [0, 0.05) is 6.54 Å². The van der Waals surface area contributed by atoms with Crippen molar-refractivity contribution in [3.63, 3.8) is 0 Å². The third-order valence-corrected chi connectivity index (χ3v) is 3.16. The zero-order chi connectivity index (χ0) is 12.5. The highest BCUT2D eigenvalue weighted by Gasteiger charge is 2.08. The van der Waals surface area contributed by atoms with Gasteiger partial charge in [-0.3, -0.25) is 0 Å². The topological polar surface area (TPSA) is 38.0 Å². The predicted molar refractivity (Wildman–Crippen MR) is 71.7 cm³/mol. The lowest BCUT2D eigenvalue weighted by Crippen LogP contribution is -1.97. The summed E-state index contributed by atoms with van der Waals surface area (Å²) in [5, 5.41) is 9.96. The van der Waals surface area contributed by atoms with E-state index in [4.69, 9.17) is 0 Å². The molecule has 3 nitrogen and oxygen atoms in total. The van der Waals surface area contributed by atoms with Gasteiger partial charge in [0.15, 0.2) is 0 Å². The fraction of sp³-hybridized carbons (Fsp3) is 0.133. The second-order valence-corrected chi connectivity index (χ2v) is 4.46. The number of imidazole rings is 1. The predicted octanol–water partition coefficient (Wildman–Crippen LogP) is 3.10. The number of rotatable bonds is 2. The van der Waals surface area contributed by atoms with Crippen molar-refractivity contribution in [1.29, 1.82) is 0 Å². The maximum absolute atomic E-state index is 9.96. The first kappa shape index (κ1) is 10.8. The summed E-state index contributed by atoms with van der Waals surface area (Å²) in [6.45, 7) is 2.64. The largest absolute Gasteiger partial charge is 0.505 e. The van der Waals surface area contributed by atoms with Crippen molar-refractivity contribution >= 4 is 11.0 Å². The second-order valence-electron chi connectivity index (χ2n) is 4.46. The quantitative estimate of drug-likeness (QED) is 0.745. The molecule has 3 heteroatoms. The summed E-state index contributed by atoms with van der Waals surface area (Å²) in [6, 6.07) is 14.1. The summed E-state index contributed by atoms with van der Waals surface area (Å²) in [5.74, 6) is 0.277. The van der Waals surface area contributed by atoms with E-state index < -0.39 is 0 Å². The minimum atomic E-state index is 0.277. The summed E-state index contributed by atoms with van der Waals surface area (Å²) in [7, 11) is 0. The third kappa shape index (κ3) is 1.74. The van der Waals surface area contributed by atoms with Crippen molar-refractivity contribution in [3.05, 3.63) is 59.9 Å². The molecule has 0 aliphatic carbocycles. The van der Waals surface area contributed by atoms with Crippen LogP contribution in [0.25, 0.3) is 11.0 Å². The molecule has 0 spiro atoms. The van der Waals surface area contributed by atoms with E-state index in [1.807, 2.05) is 41.8 Å². The van der Waals surface area contributed by atoms with Crippen LogP contribution >= 0.6 is 0 Å². The number of fused-ring (bicyclic) bond motifs is 1. The van der Waals surface area contributed by atoms with Gasteiger partial charge >= 0.3 is 0 Å². The molecule has 0 amide bonds. The van der Waals surface area contributed by atoms with Crippen LogP contribution in [0, 0.1) is 6.92 Å². The van der Waals surface area contributed by atoms with Crippen molar-refractivity contribution in [2.75, 3.05) is 0 Å². The second kappa shape index (κ2) is 4.18. The Kier molecular flexibility index (Phi) is 2.52. The van der Waals surface area contributed by atoms with E-state index in [9.17, 15) is 5.11 Å². The molecular weight excluding hydrogens is 224 g/mol. The molecule has 3 rings (SSSR count). The van der Waals surface area contributed by atoms with Gasteiger partial charge in [-0.05, 0) is 24.1 Å². The number of benzene rings is 2. The number of phenols is 1. The third-order valence-electron chi connectivity index (χ3n) is 3.16. The number of hydrogen-bond acceptors (Lipinski definition) is 2. The van der Waals surface area contributed by atoms with E-state index >= 15 is 0 Å². The van der Waals surface area contributed by atoms with E-state index in [0.29, 0.717) is 5.52 Å². The van der Waals surface area contributed by atoms with Gasteiger partial charge in [0.25, 0.3) is 0 Å². The van der Waals surface area contributed by atoms with Crippen molar-refractivity contribution in [2.24, 2.45) is 0 Å². The molecule has 3 aromatic rings. The molecule has 0 atom stereocenters. The molecule has 0 bridgehead atoms. The molecule has 0 aliphatic heterocycles. The molecule has 1 N–H and O–H groups in total. The molecule has 90 valence electrons. The maximum Gasteiger partial charge on any atom is 0.146 e. The molecule has 0 aliphatic rings. The number of phenolic OH excluding ortho intramolecular Hbond substituents is 1. The molecule has 18 heavy (non-hydrogen) atoms. The average molecular weight is 238 g/mol. The van der Waals surface area contributed by atoms with Gasteiger partial charge in [-0.1, -0.05) is 36.4 Å². The van der Waals surface area contributed by atoms with E-state index in [0.717, 1.165) is 17.6 Å². The Labute approximate surface area is 105 Å². The van der Waals surface area contributed by atoms with Gasteiger partial charge in [-0.2, -0.15) is 0 Å². The lowest BCUT2D eigenvalue weighted by molar-refractivity contribution is 0.476. The van der Waals surface area contributed by atoms with Crippen molar-refractivity contribution in [2.45, 2.75) is 13.5 Å². The van der Waals surface area contributed by atoms with E-state index in [1.54, 1.807) is 6.33 Å². The van der Waals surface area contributed by atoms with Gasteiger partial charge < -0.3 is 9.67 Å². The van der Waals surface area contributed by atoms with Crippen LogP contribution in [0.3, 0.4) is 0 Å². The van der Waals surface area contributed by atoms with E-state index in [2.05, 4.69) is 17.1 Å². The van der Waals surface area contributed by atoms with Crippen LogP contribution in [-0.2, 0) is 6.54 Å². The lowest BCUT2D eigenvalue weighted by Gasteiger charge is -2.05. The van der Waals surface area contributed by atoms with E-state index in [-0.39, 0.29) is 5.75 Å². The fourth-order valence-electron chi connectivity index (χ4n) is 2.12. The van der Waals surface area contributed by atoms with E-state index in [1.165, 1.54) is 5.56 Å². The summed E-state index contributed by atoms with van der Waals surface area (Å²) in [4.78, 5) is 4.29. The first-order valence-electron chi connectivity index (χ1n) is 5.93. The molecule has 2 aromatic carbocycles. The number of aromatic hydroxyl groups is 1. The fourth-order valence-corrected chi connectivity index (χ4v) is 2.12. The summed E-state index contributed by atoms with van der Waals surface area (Å²) < 4.78 is 2.05. The molecule has 1 aromatic heterocycles. The Morgan fingerprint density at radius 3 is 2.67 bits per heavy atom. The molecule has 1 heterocycles. The number of nitrogens with zero attached hydrogens (tertiary/aromatic N) is 2. The highest BCUT2D eigenvalue weighted by molar-refractivity contribution is 5.83. The minimum Gasteiger partial charge on any atom is -0.505 e. The Balaban J connectivity index is 2.06. The molecule has 0 saturated heterocycles. The molecule has 0 saturated carbocycles. The van der Waals surface area contributed by atoms with Crippen LogP contribution in [-0.4, -0.2) is 14.7 Å². The normalized spacial score (nSPS) is 10.9. The highest BCUT2D eigenvalue weighted by Crippen LogP contribution is 2.27. The first-order valence-corrected chi connectivity index (χ1v) is 5.93. The van der Waals surface area contributed by atoms with Crippen LogP contribution < -0.4 is 0 Å². The van der Waals surface area contributed by atoms with Crippen LogP contribution in [0.2, 0.25) is 0 Å². The summed E-state index contributed by atoms with van der Waals surface area (Å²) >= 11 is 0. The zero-order valence-corrected chi connectivity index (χ0v) is 10.2. The smallest absolute Gasteiger partial charge is 0.146 e. The highest BCUT2D eigenvalue weighted by atomic mass is 16.3. The van der Waals surface area contributed by atoms with Gasteiger partial charge in [-0.15, -0.1) is 0 Å². The first-order chi connectivity index (χ1) is 8.75. The number of hydrogen-bond donors (Lipinski definition) is 1. The minimum absolute atomic E-state index is 0.277. The summed E-state index contributed by atoms with van der Waals surface area (Å²) in [5.41, 5.74) is 3.71. The van der Waals surface area contributed by atoms with Crippen molar-refractivity contribution in [1.82, 2.24) is 9.55 Å². The van der Waals surface area contributed by atoms with Gasteiger partial charge in [-0.25, -0.2) is 4.98 Å². The SMILES string of the molecule is Cc1ccc2c(ncn2Cc2ccccc2)c1O. The van der Waals surface area contributed by atoms with Gasteiger partial charge in [0.05, 0.1) is 11.8 Å².